The zero-order chi connectivity index (χ0) is 23.5. The van der Waals surface area contributed by atoms with E-state index in [9.17, 15) is 18.0 Å². The number of thiophene rings is 1. The van der Waals surface area contributed by atoms with Gasteiger partial charge in [-0.05, 0) is 67.1 Å². The molecule has 2 aliphatic rings. The van der Waals surface area contributed by atoms with Crippen molar-refractivity contribution in [3.8, 4) is 11.1 Å². The van der Waals surface area contributed by atoms with Crippen LogP contribution in [-0.2, 0) is 9.53 Å². The van der Waals surface area contributed by atoms with E-state index >= 15 is 0 Å². The highest BCUT2D eigenvalue weighted by molar-refractivity contribution is 7.08. The summed E-state index contributed by atoms with van der Waals surface area (Å²) in [7, 11) is 1.80. The minimum atomic E-state index is -5.08. The molecule has 10 heteroatoms. The number of carboxylic acid groups (broad SMARTS) is 1. The van der Waals surface area contributed by atoms with Crippen molar-refractivity contribution >= 4 is 29.1 Å². The Balaban J connectivity index is 0.000000360. The Bertz CT molecular complexity index is 937. The first-order valence-corrected chi connectivity index (χ1v) is 11.1. The minimum Gasteiger partial charge on any atom is -0.475 e. The van der Waals surface area contributed by atoms with E-state index in [1.54, 1.807) is 23.3 Å². The van der Waals surface area contributed by atoms with Crippen molar-refractivity contribution in [2.75, 3.05) is 11.9 Å². The van der Waals surface area contributed by atoms with Crippen molar-refractivity contribution in [2.24, 2.45) is 0 Å². The lowest BCUT2D eigenvalue weighted by atomic mass is 10.0. The number of benzene rings is 1. The Hall–Kier alpha value is -2.59. The molecule has 6 nitrogen and oxygen atoms in total. The molecule has 1 aromatic heterocycles. The number of ether oxygens (including phenoxy) is 1. The molecule has 1 amide bonds. The number of alkyl halides is 3. The summed E-state index contributed by atoms with van der Waals surface area (Å²) in [6.45, 7) is 2.07. The van der Waals surface area contributed by atoms with E-state index in [0.717, 1.165) is 29.7 Å². The molecular formula is C22H25F3N2O4S. The summed E-state index contributed by atoms with van der Waals surface area (Å²) in [6, 6.07) is 9.30. The third-order valence-corrected chi connectivity index (χ3v) is 6.24. The molecule has 2 fully saturated rings. The first-order chi connectivity index (χ1) is 15.0. The minimum absolute atomic E-state index is 0.0312. The summed E-state index contributed by atoms with van der Waals surface area (Å²) in [4.78, 5) is 23.3. The molecule has 0 saturated carbocycles. The van der Waals surface area contributed by atoms with Gasteiger partial charge in [0.15, 0.2) is 0 Å². The standard InChI is InChI=1S/C20H24N2O2S.C2HF3O2/c1-13-3-6-19(18(9-13)14-7-8-25-12-14)22(2)20(23)24-17-10-15-4-5-16(11-17)21-15;3-2(4,5)1(6)7/h3,6-9,12,15-17,21H,4-5,10-11H2,1-2H3;(H,6,7). The van der Waals surface area contributed by atoms with Gasteiger partial charge < -0.3 is 15.2 Å². The van der Waals surface area contributed by atoms with Crippen molar-refractivity contribution in [2.45, 2.75) is 57.0 Å². The zero-order valence-corrected chi connectivity index (χ0v) is 18.5. The number of anilines is 1. The second-order valence-electron chi connectivity index (χ2n) is 8.01. The predicted molar refractivity (Wildman–Crippen MR) is 116 cm³/mol. The summed E-state index contributed by atoms with van der Waals surface area (Å²) in [5.74, 6) is -2.76. The van der Waals surface area contributed by atoms with Gasteiger partial charge in [-0.15, -0.1) is 0 Å². The van der Waals surface area contributed by atoms with Gasteiger partial charge in [0.25, 0.3) is 0 Å². The van der Waals surface area contributed by atoms with Crippen LogP contribution < -0.4 is 10.2 Å². The van der Waals surface area contributed by atoms with Crippen molar-refractivity contribution in [1.82, 2.24) is 5.32 Å². The zero-order valence-electron chi connectivity index (χ0n) is 17.7. The number of amides is 1. The third kappa shape index (κ3) is 6.01. The van der Waals surface area contributed by atoms with Crippen molar-refractivity contribution in [1.29, 1.82) is 0 Å². The van der Waals surface area contributed by atoms with Gasteiger partial charge in [-0.2, -0.15) is 24.5 Å². The number of rotatable bonds is 3. The van der Waals surface area contributed by atoms with Crippen LogP contribution in [0.3, 0.4) is 0 Å². The highest BCUT2D eigenvalue weighted by Gasteiger charge is 2.38. The number of aliphatic carboxylic acids is 1. The van der Waals surface area contributed by atoms with Gasteiger partial charge in [0, 0.05) is 24.7 Å². The van der Waals surface area contributed by atoms with Gasteiger partial charge >= 0.3 is 18.2 Å². The van der Waals surface area contributed by atoms with Crippen LogP contribution in [0.2, 0.25) is 0 Å². The molecule has 32 heavy (non-hydrogen) atoms. The fraction of sp³-hybridized carbons (Fsp3) is 0.455. The van der Waals surface area contributed by atoms with Crippen LogP contribution in [0.1, 0.15) is 31.2 Å². The van der Waals surface area contributed by atoms with E-state index in [0.29, 0.717) is 12.1 Å². The van der Waals surface area contributed by atoms with E-state index in [2.05, 4.69) is 35.1 Å². The van der Waals surface area contributed by atoms with E-state index < -0.39 is 12.1 Å². The van der Waals surface area contributed by atoms with Gasteiger partial charge in [0.2, 0.25) is 0 Å². The molecule has 1 aromatic carbocycles. The van der Waals surface area contributed by atoms with E-state index in [4.69, 9.17) is 14.6 Å². The molecule has 0 radical (unpaired) electrons. The SMILES string of the molecule is Cc1ccc(N(C)C(=O)OC2CC3CCC(C2)N3)c(-c2ccsc2)c1.O=C(O)C(F)(F)F. The number of carbonyl (C=O) groups excluding carboxylic acids is 1. The second kappa shape index (κ2) is 9.91. The Morgan fingerprint density at radius 1 is 1.19 bits per heavy atom. The third-order valence-electron chi connectivity index (χ3n) is 5.56. The first-order valence-electron chi connectivity index (χ1n) is 10.2. The van der Waals surface area contributed by atoms with E-state index in [1.165, 1.54) is 18.4 Å². The monoisotopic (exact) mass is 470 g/mol. The number of halogens is 3. The average Bonchev–Trinajstić information content (AvgIpc) is 3.37. The predicted octanol–water partition coefficient (Wildman–Crippen LogP) is 5.21. The fourth-order valence-electron chi connectivity index (χ4n) is 4.01. The molecule has 3 heterocycles. The van der Waals surface area contributed by atoms with E-state index in [1.807, 2.05) is 12.1 Å². The summed E-state index contributed by atoms with van der Waals surface area (Å²) in [6.07, 6.45) is -1.04. The summed E-state index contributed by atoms with van der Waals surface area (Å²) < 4.78 is 37.6. The number of fused-ring (bicyclic) bond motifs is 2. The largest absolute Gasteiger partial charge is 0.490 e. The molecule has 2 N–H and O–H groups in total. The van der Waals surface area contributed by atoms with Gasteiger partial charge in [-0.3, -0.25) is 4.90 Å². The summed E-state index contributed by atoms with van der Waals surface area (Å²) in [5.41, 5.74) is 4.29. The molecule has 2 aromatic rings. The fourth-order valence-corrected chi connectivity index (χ4v) is 4.67. The van der Waals surface area contributed by atoms with Crippen LogP contribution in [-0.4, -0.2) is 48.6 Å². The quantitative estimate of drug-likeness (QED) is 0.644. The highest BCUT2D eigenvalue weighted by atomic mass is 32.1. The lowest BCUT2D eigenvalue weighted by molar-refractivity contribution is -0.192. The number of aryl methyl sites for hydroxylation is 1. The number of piperidine rings is 1. The molecule has 2 atom stereocenters. The Morgan fingerprint density at radius 2 is 1.81 bits per heavy atom. The van der Waals surface area contributed by atoms with Crippen LogP contribution in [0, 0.1) is 6.92 Å². The lowest BCUT2D eigenvalue weighted by Crippen LogP contribution is -2.43. The second-order valence-corrected chi connectivity index (χ2v) is 8.79. The molecule has 4 rings (SSSR count). The Kier molecular flexibility index (Phi) is 7.45. The maximum Gasteiger partial charge on any atom is 0.490 e. The summed E-state index contributed by atoms with van der Waals surface area (Å²) >= 11 is 1.66. The molecule has 2 saturated heterocycles. The summed E-state index contributed by atoms with van der Waals surface area (Å²) in [5, 5.41) is 14.9. The molecular weight excluding hydrogens is 445 g/mol. The van der Waals surface area contributed by atoms with Crippen LogP contribution in [0.25, 0.3) is 11.1 Å². The normalized spacial score (nSPS) is 22.0. The highest BCUT2D eigenvalue weighted by Crippen LogP contribution is 2.34. The molecule has 0 spiro atoms. The van der Waals surface area contributed by atoms with Crippen molar-refractivity contribution in [3.05, 3.63) is 40.6 Å². The van der Waals surface area contributed by atoms with Crippen molar-refractivity contribution < 1.29 is 32.6 Å². The van der Waals surface area contributed by atoms with Gasteiger partial charge in [0.05, 0.1) is 5.69 Å². The molecule has 2 unspecified atom stereocenters. The average molecular weight is 471 g/mol. The maximum absolute atomic E-state index is 12.7. The molecule has 2 aliphatic heterocycles. The lowest BCUT2D eigenvalue weighted by Gasteiger charge is -2.30. The van der Waals surface area contributed by atoms with Gasteiger partial charge in [-0.1, -0.05) is 11.6 Å². The first kappa shape index (κ1) is 24.1. The number of hydrogen-bond acceptors (Lipinski definition) is 5. The number of nitrogens with zero attached hydrogens (tertiary/aromatic N) is 1. The maximum atomic E-state index is 12.7. The number of nitrogens with one attached hydrogen (secondary N) is 1. The van der Waals surface area contributed by atoms with Crippen LogP contribution >= 0.6 is 11.3 Å². The molecule has 0 aliphatic carbocycles. The Labute approximate surface area is 188 Å². The topological polar surface area (TPSA) is 78.9 Å². The number of carboxylic acids is 1. The number of hydrogen-bond donors (Lipinski definition) is 2. The molecule has 2 bridgehead atoms. The van der Waals surface area contributed by atoms with Gasteiger partial charge in [-0.25, -0.2) is 9.59 Å². The van der Waals surface area contributed by atoms with E-state index in [-0.39, 0.29) is 12.2 Å². The van der Waals surface area contributed by atoms with Crippen LogP contribution in [0.15, 0.2) is 35.0 Å². The van der Waals surface area contributed by atoms with Gasteiger partial charge in [0.1, 0.15) is 6.10 Å². The van der Waals surface area contributed by atoms with Crippen LogP contribution in [0.5, 0.6) is 0 Å². The molecule has 174 valence electrons. The Morgan fingerprint density at radius 3 is 2.34 bits per heavy atom. The smallest absolute Gasteiger partial charge is 0.475 e. The van der Waals surface area contributed by atoms with Crippen molar-refractivity contribution in [3.63, 3.8) is 0 Å². The number of carbonyl (C=O) groups is 2. The van der Waals surface area contributed by atoms with Crippen LogP contribution in [0.4, 0.5) is 23.7 Å².